The van der Waals surface area contributed by atoms with E-state index in [4.69, 9.17) is 16.7 Å². The minimum atomic E-state index is -0.449. The van der Waals surface area contributed by atoms with Crippen LogP contribution in [-0.4, -0.2) is 23.2 Å². The molecule has 5 nitrogen and oxygen atoms in total. The van der Waals surface area contributed by atoms with Gasteiger partial charge in [-0.1, -0.05) is 31.5 Å². The molecule has 2 N–H and O–H groups in total. The molecule has 6 heteroatoms. The molecule has 0 aliphatic rings. The van der Waals surface area contributed by atoms with E-state index in [1.54, 1.807) is 12.1 Å². The van der Waals surface area contributed by atoms with Crippen LogP contribution in [0.4, 0.5) is 11.4 Å². The van der Waals surface area contributed by atoms with E-state index in [1.165, 1.54) is 6.07 Å². The Balaban J connectivity index is 2.80. The number of aliphatic hydroxyl groups is 1. The van der Waals surface area contributed by atoms with Crippen LogP contribution < -0.4 is 5.32 Å². The van der Waals surface area contributed by atoms with Gasteiger partial charge in [0, 0.05) is 19.2 Å². The molecule has 1 rings (SSSR count). The van der Waals surface area contributed by atoms with Crippen molar-refractivity contribution in [2.75, 3.05) is 18.5 Å². The quantitative estimate of drug-likeness (QED) is 0.594. The summed E-state index contributed by atoms with van der Waals surface area (Å²) in [7, 11) is 0. The van der Waals surface area contributed by atoms with Crippen LogP contribution in [0.15, 0.2) is 18.2 Å². The maximum atomic E-state index is 10.9. The molecule has 0 unspecified atom stereocenters. The van der Waals surface area contributed by atoms with Crippen LogP contribution in [0.3, 0.4) is 0 Å². The number of nitrogens with zero attached hydrogens (tertiary/aromatic N) is 1. The van der Waals surface area contributed by atoms with Gasteiger partial charge in [-0.25, -0.2) is 0 Å². The van der Waals surface area contributed by atoms with Gasteiger partial charge in [-0.05, 0) is 24.3 Å². The van der Waals surface area contributed by atoms with Crippen LogP contribution >= 0.6 is 11.6 Å². The van der Waals surface area contributed by atoms with E-state index in [1.807, 2.05) is 13.8 Å². The average Bonchev–Trinajstić information content (AvgIpc) is 2.34. The van der Waals surface area contributed by atoms with Gasteiger partial charge < -0.3 is 10.4 Å². The van der Waals surface area contributed by atoms with E-state index in [-0.39, 0.29) is 17.7 Å². The highest BCUT2D eigenvalue weighted by atomic mass is 35.5. The van der Waals surface area contributed by atoms with Crippen molar-refractivity contribution in [1.82, 2.24) is 0 Å². The Morgan fingerprint density at radius 3 is 2.74 bits per heavy atom. The van der Waals surface area contributed by atoms with Gasteiger partial charge in [0.15, 0.2) is 0 Å². The molecule has 1 aromatic carbocycles. The van der Waals surface area contributed by atoms with E-state index in [2.05, 4.69) is 5.32 Å². The maximum Gasteiger partial charge on any atom is 0.293 e. The Kier molecular flexibility index (Phi) is 5.57. The maximum absolute atomic E-state index is 10.9. The molecule has 0 atom stereocenters. The van der Waals surface area contributed by atoms with E-state index in [9.17, 15) is 10.1 Å². The highest BCUT2D eigenvalue weighted by Crippen LogP contribution is 2.33. The molecule has 1 aromatic rings. The number of nitrogens with one attached hydrogen (secondary N) is 1. The third-order valence-electron chi connectivity index (χ3n) is 2.94. The molecule has 0 amide bonds. The van der Waals surface area contributed by atoms with Crippen LogP contribution in [-0.2, 0) is 0 Å². The number of nitro groups is 1. The average molecular weight is 287 g/mol. The molecule has 0 aliphatic heterocycles. The topological polar surface area (TPSA) is 75.4 Å². The van der Waals surface area contributed by atoms with E-state index < -0.39 is 4.92 Å². The molecule has 0 saturated heterocycles. The van der Waals surface area contributed by atoms with Crippen molar-refractivity contribution in [1.29, 1.82) is 0 Å². The van der Waals surface area contributed by atoms with Gasteiger partial charge in [-0.2, -0.15) is 0 Å². The number of benzene rings is 1. The second-order valence-electron chi connectivity index (χ2n) is 5.24. The summed E-state index contributed by atoms with van der Waals surface area (Å²) in [6.45, 7) is 4.78. The fourth-order valence-corrected chi connectivity index (χ4v) is 2.05. The van der Waals surface area contributed by atoms with Crippen LogP contribution in [0.5, 0.6) is 0 Å². The fraction of sp³-hybridized carbons (Fsp3) is 0.538. The standard InChI is InChI=1S/C13H19ClN2O3/c1-13(2,7-4-8-17)9-15-12-10(14)5-3-6-11(12)16(18)19/h3,5-6,15,17H,4,7-9H2,1-2H3. The molecule has 106 valence electrons. The molecular formula is C13H19ClN2O3. The molecule has 0 fully saturated rings. The molecule has 0 heterocycles. The number of nitro benzene ring substituents is 1. The van der Waals surface area contributed by atoms with Gasteiger partial charge in [0.05, 0.1) is 9.95 Å². The summed E-state index contributed by atoms with van der Waals surface area (Å²) >= 11 is 6.00. The summed E-state index contributed by atoms with van der Waals surface area (Å²) in [5.74, 6) is 0. The minimum absolute atomic E-state index is 0.0227. The summed E-state index contributed by atoms with van der Waals surface area (Å²) < 4.78 is 0. The minimum Gasteiger partial charge on any atom is -0.396 e. The van der Waals surface area contributed by atoms with Crippen molar-refractivity contribution in [3.8, 4) is 0 Å². The largest absolute Gasteiger partial charge is 0.396 e. The SMILES string of the molecule is CC(C)(CCCO)CNc1c(Cl)cccc1[N+](=O)[O-]. The number of rotatable bonds is 7. The molecule has 0 radical (unpaired) electrons. The first kappa shape index (κ1) is 15.7. The van der Waals surface area contributed by atoms with Gasteiger partial charge in [-0.3, -0.25) is 10.1 Å². The third-order valence-corrected chi connectivity index (χ3v) is 3.26. The first-order chi connectivity index (χ1) is 8.87. The van der Waals surface area contributed by atoms with E-state index in [0.29, 0.717) is 23.7 Å². The van der Waals surface area contributed by atoms with Crippen LogP contribution in [0.2, 0.25) is 5.02 Å². The summed E-state index contributed by atoms with van der Waals surface area (Å²) in [6.07, 6.45) is 1.54. The number of aliphatic hydroxyl groups excluding tert-OH is 1. The van der Waals surface area contributed by atoms with Crippen LogP contribution in [0, 0.1) is 15.5 Å². The van der Waals surface area contributed by atoms with Crippen molar-refractivity contribution in [3.63, 3.8) is 0 Å². The summed E-state index contributed by atoms with van der Waals surface area (Å²) in [6, 6.07) is 4.61. The Bertz CT molecular complexity index is 450. The number of halogens is 1. The zero-order valence-corrected chi connectivity index (χ0v) is 11.9. The summed E-state index contributed by atoms with van der Waals surface area (Å²) in [5.41, 5.74) is 0.257. The van der Waals surface area contributed by atoms with Gasteiger partial charge in [0.2, 0.25) is 0 Å². The number of anilines is 1. The molecule has 0 saturated carbocycles. The lowest BCUT2D eigenvalue weighted by Crippen LogP contribution is -2.23. The first-order valence-corrected chi connectivity index (χ1v) is 6.53. The van der Waals surface area contributed by atoms with E-state index >= 15 is 0 Å². The molecular weight excluding hydrogens is 268 g/mol. The van der Waals surface area contributed by atoms with Crippen LogP contribution in [0.1, 0.15) is 26.7 Å². The predicted octanol–water partition coefficient (Wildman–Crippen LogP) is 3.46. The number of para-hydroxylation sites is 1. The lowest BCUT2D eigenvalue weighted by atomic mass is 9.88. The van der Waals surface area contributed by atoms with Gasteiger partial charge >= 0.3 is 0 Å². The van der Waals surface area contributed by atoms with Crippen molar-refractivity contribution in [3.05, 3.63) is 33.3 Å². The van der Waals surface area contributed by atoms with Crippen molar-refractivity contribution in [2.45, 2.75) is 26.7 Å². The van der Waals surface area contributed by atoms with Crippen LogP contribution in [0.25, 0.3) is 0 Å². The molecule has 0 bridgehead atoms. The Morgan fingerprint density at radius 2 is 2.16 bits per heavy atom. The van der Waals surface area contributed by atoms with Gasteiger partial charge in [-0.15, -0.1) is 0 Å². The van der Waals surface area contributed by atoms with Crippen molar-refractivity contribution in [2.24, 2.45) is 5.41 Å². The lowest BCUT2D eigenvalue weighted by molar-refractivity contribution is -0.383. The first-order valence-electron chi connectivity index (χ1n) is 6.15. The zero-order chi connectivity index (χ0) is 14.5. The number of hydrogen-bond acceptors (Lipinski definition) is 4. The Morgan fingerprint density at radius 1 is 1.47 bits per heavy atom. The van der Waals surface area contributed by atoms with Gasteiger partial charge in [0.1, 0.15) is 5.69 Å². The number of hydrogen-bond donors (Lipinski definition) is 2. The zero-order valence-electron chi connectivity index (χ0n) is 11.1. The van der Waals surface area contributed by atoms with Gasteiger partial charge in [0.25, 0.3) is 5.69 Å². The highest BCUT2D eigenvalue weighted by Gasteiger charge is 2.21. The molecule has 0 aromatic heterocycles. The molecule has 19 heavy (non-hydrogen) atoms. The highest BCUT2D eigenvalue weighted by molar-refractivity contribution is 6.33. The normalized spacial score (nSPS) is 11.4. The summed E-state index contributed by atoms with van der Waals surface area (Å²) in [4.78, 5) is 10.5. The second-order valence-corrected chi connectivity index (χ2v) is 5.64. The van der Waals surface area contributed by atoms with Crippen molar-refractivity contribution >= 4 is 23.0 Å². The second kappa shape index (κ2) is 6.73. The monoisotopic (exact) mass is 286 g/mol. The van der Waals surface area contributed by atoms with E-state index in [0.717, 1.165) is 6.42 Å². The predicted molar refractivity (Wildman–Crippen MR) is 76.7 cm³/mol. The fourth-order valence-electron chi connectivity index (χ4n) is 1.81. The summed E-state index contributed by atoms with van der Waals surface area (Å²) in [5, 5.41) is 23.2. The Labute approximate surface area is 117 Å². The lowest BCUT2D eigenvalue weighted by Gasteiger charge is -2.25. The third kappa shape index (κ3) is 4.69. The van der Waals surface area contributed by atoms with Crippen molar-refractivity contribution < 1.29 is 10.0 Å². The molecule has 0 spiro atoms. The molecule has 0 aliphatic carbocycles. The Hall–Kier alpha value is -1.33. The smallest absolute Gasteiger partial charge is 0.293 e.